The second-order valence-electron chi connectivity index (χ2n) is 1.89. The lowest BCUT2D eigenvalue weighted by atomic mass is 10.4. The van der Waals surface area contributed by atoms with Crippen molar-refractivity contribution >= 4 is 15.9 Å². The van der Waals surface area contributed by atoms with Gasteiger partial charge in [0.1, 0.15) is 10.4 Å². The number of hydrogen-bond acceptors (Lipinski definition) is 2. The molecule has 0 aromatic carbocycles. The molecule has 48 valence electrons. The van der Waals surface area contributed by atoms with Crippen molar-refractivity contribution in [3.8, 4) is 0 Å². The molecule has 0 bridgehead atoms. The van der Waals surface area contributed by atoms with Crippen LogP contribution in [0.25, 0.3) is 0 Å². The fourth-order valence-corrected chi connectivity index (χ4v) is 0.862. The molecule has 0 aliphatic carbocycles. The first kappa shape index (κ1) is 6.68. The molecule has 0 saturated heterocycles. The van der Waals surface area contributed by atoms with Gasteiger partial charge in [-0.25, -0.2) is 9.97 Å². The third kappa shape index (κ3) is 1.48. The third-order valence-corrected chi connectivity index (χ3v) is 1.83. The first-order valence-electron chi connectivity index (χ1n) is 2.66. The zero-order valence-corrected chi connectivity index (χ0v) is 6.94. The maximum absolute atomic E-state index is 4.08. The molecule has 1 aromatic rings. The zero-order valence-electron chi connectivity index (χ0n) is 5.35. The van der Waals surface area contributed by atoms with E-state index >= 15 is 0 Å². The standard InChI is InChI=1S/C6H7BrN2/c1-4-3-8-5(2)9-6(4)7/h3H,1-2H3. The van der Waals surface area contributed by atoms with Crippen LogP contribution < -0.4 is 0 Å². The van der Waals surface area contributed by atoms with Crippen LogP contribution in [0.3, 0.4) is 0 Å². The Morgan fingerprint density at radius 2 is 2.11 bits per heavy atom. The Kier molecular flexibility index (Phi) is 1.81. The molecule has 0 spiro atoms. The van der Waals surface area contributed by atoms with E-state index in [9.17, 15) is 0 Å². The van der Waals surface area contributed by atoms with Crippen molar-refractivity contribution in [2.75, 3.05) is 0 Å². The molecule has 0 unspecified atom stereocenters. The second kappa shape index (κ2) is 2.43. The minimum atomic E-state index is 0.799. The summed E-state index contributed by atoms with van der Waals surface area (Å²) in [7, 11) is 0. The van der Waals surface area contributed by atoms with E-state index in [2.05, 4.69) is 25.9 Å². The summed E-state index contributed by atoms with van der Waals surface area (Å²) in [5.41, 5.74) is 1.07. The van der Waals surface area contributed by atoms with Gasteiger partial charge in [-0.1, -0.05) is 0 Å². The van der Waals surface area contributed by atoms with Gasteiger partial charge in [0.15, 0.2) is 0 Å². The van der Waals surface area contributed by atoms with Crippen molar-refractivity contribution in [1.82, 2.24) is 9.97 Å². The Morgan fingerprint density at radius 1 is 1.44 bits per heavy atom. The predicted octanol–water partition coefficient (Wildman–Crippen LogP) is 1.86. The molecule has 3 heteroatoms. The Bertz CT molecular complexity index is 222. The molecule has 0 fully saturated rings. The lowest BCUT2D eigenvalue weighted by molar-refractivity contribution is 1.01. The molecule has 1 aromatic heterocycles. The predicted molar refractivity (Wildman–Crippen MR) is 39.2 cm³/mol. The molecule has 0 aliphatic rings. The highest BCUT2D eigenvalue weighted by Crippen LogP contribution is 2.09. The zero-order chi connectivity index (χ0) is 6.85. The van der Waals surface area contributed by atoms with Crippen LogP contribution in [-0.4, -0.2) is 9.97 Å². The van der Waals surface area contributed by atoms with Gasteiger partial charge in [-0.2, -0.15) is 0 Å². The normalized spacial score (nSPS) is 9.67. The smallest absolute Gasteiger partial charge is 0.126 e. The summed E-state index contributed by atoms with van der Waals surface area (Å²) in [5.74, 6) is 0.799. The van der Waals surface area contributed by atoms with E-state index in [-0.39, 0.29) is 0 Å². The molecular weight excluding hydrogens is 180 g/mol. The first-order valence-corrected chi connectivity index (χ1v) is 3.45. The topological polar surface area (TPSA) is 25.8 Å². The fraction of sp³-hybridized carbons (Fsp3) is 0.333. The number of nitrogens with zero attached hydrogens (tertiary/aromatic N) is 2. The highest BCUT2D eigenvalue weighted by Gasteiger charge is 1.93. The van der Waals surface area contributed by atoms with Gasteiger partial charge in [-0.3, -0.25) is 0 Å². The number of rotatable bonds is 0. The molecule has 1 rings (SSSR count). The van der Waals surface area contributed by atoms with E-state index in [0.29, 0.717) is 0 Å². The number of halogens is 1. The monoisotopic (exact) mass is 186 g/mol. The van der Waals surface area contributed by atoms with Crippen molar-refractivity contribution in [1.29, 1.82) is 0 Å². The summed E-state index contributed by atoms with van der Waals surface area (Å²) in [6.07, 6.45) is 1.80. The van der Waals surface area contributed by atoms with Crippen molar-refractivity contribution < 1.29 is 0 Å². The van der Waals surface area contributed by atoms with E-state index in [0.717, 1.165) is 16.0 Å². The molecular formula is C6H7BrN2. The average molecular weight is 187 g/mol. The van der Waals surface area contributed by atoms with Crippen molar-refractivity contribution in [3.63, 3.8) is 0 Å². The van der Waals surface area contributed by atoms with Crippen LogP contribution in [0.5, 0.6) is 0 Å². The van der Waals surface area contributed by atoms with E-state index in [4.69, 9.17) is 0 Å². The number of aromatic nitrogens is 2. The van der Waals surface area contributed by atoms with Gasteiger partial charge in [-0.05, 0) is 29.8 Å². The minimum Gasteiger partial charge on any atom is -0.241 e. The minimum absolute atomic E-state index is 0.799. The van der Waals surface area contributed by atoms with Gasteiger partial charge in [0.25, 0.3) is 0 Å². The summed E-state index contributed by atoms with van der Waals surface area (Å²) in [6, 6.07) is 0. The Morgan fingerprint density at radius 3 is 2.56 bits per heavy atom. The molecule has 0 amide bonds. The van der Waals surface area contributed by atoms with Gasteiger partial charge < -0.3 is 0 Å². The van der Waals surface area contributed by atoms with Gasteiger partial charge in [-0.15, -0.1) is 0 Å². The van der Waals surface area contributed by atoms with Crippen molar-refractivity contribution in [3.05, 3.63) is 22.2 Å². The number of hydrogen-bond donors (Lipinski definition) is 0. The summed E-state index contributed by atoms with van der Waals surface area (Å²) in [6.45, 7) is 3.83. The Balaban J connectivity index is 3.17. The average Bonchev–Trinajstić information content (AvgIpc) is 1.80. The summed E-state index contributed by atoms with van der Waals surface area (Å²) in [4.78, 5) is 8.08. The second-order valence-corrected chi connectivity index (χ2v) is 2.64. The van der Waals surface area contributed by atoms with Crippen LogP contribution in [0.4, 0.5) is 0 Å². The van der Waals surface area contributed by atoms with E-state index in [1.165, 1.54) is 0 Å². The van der Waals surface area contributed by atoms with Crippen LogP contribution in [-0.2, 0) is 0 Å². The quantitative estimate of drug-likeness (QED) is 0.579. The lowest BCUT2D eigenvalue weighted by Crippen LogP contribution is -1.88. The van der Waals surface area contributed by atoms with E-state index in [1.54, 1.807) is 6.20 Å². The van der Waals surface area contributed by atoms with Crippen molar-refractivity contribution in [2.45, 2.75) is 13.8 Å². The van der Waals surface area contributed by atoms with E-state index in [1.807, 2.05) is 13.8 Å². The highest BCUT2D eigenvalue weighted by atomic mass is 79.9. The summed E-state index contributed by atoms with van der Waals surface area (Å²) in [5, 5.41) is 0. The molecule has 9 heavy (non-hydrogen) atoms. The van der Waals surface area contributed by atoms with Crippen LogP contribution in [0.2, 0.25) is 0 Å². The van der Waals surface area contributed by atoms with Gasteiger partial charge in [0, 0.05) is 11.8 Å². The summed E-state index contributed by atoms with van der Waals surface area (Å²) >= 11 is 3.29. The van der Waals surface area contributed by atoms with E-state index < -0.39 is 0 Å². The maximum Gasteiger partial charge on any atom is 0.126 e. The molecule has 0 aliphatic heterocycles. The number of aryl methyl sites for hydroxylation is 2. The third-order valence-electron chi connectivity index (χ3n) is 1.03. The molecule has 0 radical (unpaired) electrons. The van der Waals surface area contributed by atoms with Crippen molar-refractivity contribution in [2.24, 2.45) is 0 Å². The largest absolute Gasteiger partial charge is 0.241 e. The Hall–Kier alpha value is -0.440. The Labute approximate surface area is 62.5 Å². The maximum atomic E-state index is 4.08. The molecule has 0 N–H and O–H groups in total. The van der Waals surface area contributed by atoms with Crippen LogP contribution in [0.1, 0.15) is 11.4 Å². The first-order chi connectivity index (χ1) is 4.20. The SMILES string of the molecule is Cc1ncc(C)c(Br)n1. The molecule has 0 atom stereocenters. The van der Waals surface area contributed by atoms with Crippen LogP contribution in [0, 0.1) is 13.8 Å². The van der Waals surface area contributed by atoms with Crippen LogP contribution in [0.15, 0.2) is 10.8 Å². The van der Waals surface area contributed by atoms with Gasteiger partial charge >= 0.3 is 0 Å². The van der Waals surface area contributed by atoms with Gasteiger partial charge in [0.05, 0.1) is 0 Å². The summed E-state index contributed by atoms with van der Waals surface area (Å²) < 4.78 is 0.884. The highest BCUT2D eigenvalue weighted by molar-refractivity contribution is 9.10. The fourth-order valence-electron chi connectivity index (χ4n) is 0.503. The van der Waals surface area contributed by atoms with Crippen LogP contribution >= 0.6 is 15.9 Å². The molecule has 1 heterocycles. The molecule has 0 saturated carbocycles. The lowest BCUT2D eigenvalue weighted by Gasteiger charge is -1.94. The molecule has 2 nitrogen and oxygen atoms in total. The van der Waals surface area contributed by atoms with Gasteiger partial charge in [0.2, 0.25) is 0 Å².